The smallest absolute Gasteiger partial charge is 0.227 e. The van der Waals surface area contributed by atoms with Gasteiger partial charge < -0.3 is 10.4 Å². The summed E-state index contributed by atoms with van der Waals surface area (Å²) in [6.07, 6.45) is 3.36. The second kappa shape index (κ2) is 3.91. The van der Waals surface area contributed by atoms with Crippen LogP contribution in [0.25, 0.3) is 0 Å². The Balaban J connectivity index is 1.65. The van der Waals surface area contributed by atoms with Crippen molar-refractivity contribution in [1.82, 2.24) is 0 Å². The van der Waals surface area contributed by atoms with Crippen molar-refractivity contribution in [1.29, 1.82) is 0 Å². The number of amides is 1. The van der Waals surface area contributed by atoms with Crippen LogP contribution in [0, 0.1) is 17.8 Å². The molecule has 1 aromatic carbocycles. The van der Waals surface area contributed by atoms with Crippen LogP contribution in [0.1, 0.15) is 19.3 Å². The van der Waals surface area contributed by atoms with Gasteiger partial charge in [0.05, 0.1) is 5.02 Å². The minimum absolute atomic E-state index is 0.00117. The maximum absolute atomic E-state index is 12.0. The first-order valence-electron chi connectivity index (χ1n) is 5.93. The number of fused-ring (bicyclic) bond motifs is 1. The van der Waals surface area contributed by atoms with Gasteiger partial charge in [0.25, 0.3) is 0 Å². The molecule has 2 atom stereocenters. The molecule has 17 heavy (non-hydrogen) atoms. The lowest BCUT2D eigenvalue weighted by molar-refractivity contribution is -0.120. The van der Waals surface area contributed by atoms with E-state index in [1.165, 1.54) is 12.5 Å². The average Bonchev–Trinajstić information content (AvgIpc) is 2.91. The highest BCUT2D eigenvalue weighted by Crippen LogP contribution is 2.54. The summed E-state index contributed by atoms with van der Waals surface area (Å²) in [5.74, 6) is 1.81. The van der Waals surface area contributed by atoms with E-state index in [2.05, 4.69) is 5.32 Å². The van der Waals surface area contributed by atoms with Crippen molar-refractivity contribution in [3.05, 3.63) is 23.2 Å². The van der Waals surface area contributed by atoms with Crippen molar-refractivity contribution in [3.63, 3.8) is 0 Å². The number of anilines is 1. The molecule has 2 aliphatic carbocycles. The maximum atomic E-state index is 12.0. The first-order chi connectivity index (χ1) is 8.13. The van der Waals surface area contributed by atoms with Gasteiger partial charge in [-0.15, -0.1) is 0 Å². The molecule has 0 radical (unpaired) electrons. The standard InChI is InChI=1S/C13H14ClNO2/c14-11-2-1-10(6-12(11)16)15-13(17)9-4-7-3-8(7)5-9/h1-2,6-9,16H,3-5H2,(H,15,17). The summed E-state index contributed by atoms with van der Waals surface area (Å²) in [6, 6.07) is 4.77. The third-order valence-corrected chi connectivity index (χ3v) is 4.15. The zero-order valence-electron chi connectivity index (χ0n) is 9.32. The molecule has 0 aliphatic heterocycles. The van der Waals surface area contributed by atoms with Crippen LogP contribution in [-0.2, 0) is 4.79 Å². The van der Waals surface area contributed by atoms with Gasteiger partial charge in [0.1, 0.15) is 5.75 Å². The van der Waals surface area contributed by atoms with E-state index in [0.29, 0.717) is 10.7 Å². The molecular formula is C13H14ClNO2. The highest BCUT2D eigenvalue weighted by Gasteiger charge is 2.47. The van der Waals surface area contributed by atoms with Crippen molar-refractivity contribution < 1.29 is 9.90 Å². The van der Waals surface area contributed by atoms with Crippen LogP contribution in [0.15, 0.2) is 18.2 Å². The molecule has 2 unspecified atom stereocenters. The van der Waals surface area contributed by atoms with Crippen LogP contribution >= 0.6 is 11.6 Å². The third-order valence-electron chi connectivity index (χ3n) is 3.83. The zero-order chi connectivity index (χ0) is 12.0. The molecule has 3 nitrogen and oxygen atoms in total. The maximum Gasteiger partial charge on any atom is 0.227 e. The summed E-state index contributed by atoms with van der Waals surface area (Å²) in [5, 5.41) is 12.6. The molecule has 2 saturated carbocycles. The van der Waals surface area contributed by atoms with Crippen molar-refractivity contribution in [2.45, 2.75) is 19.3 Å². The second-order valence-corrected chi connectivity index (χ2v) is 5.49. The van der Waals surface area contributed by atoms with Crippen molar-refractivity contribution in [2.75, 3.05) is 5.32 Å². The number of phenolic OH excluding ortho intramolecular Hbond substituents is 1. The van der Waals surface area contributed by atoms with Crippen LogP contribution in [-0.4, -0.2) is 11.0 Å². The number of phenols is 1. The van der Waals surface area contributed by atoms with Crippen LogP contribution in [0.2, 0.25) is 5.02 Å². The molecule has 0 spiro atoms. The van der Waals surface area contributed by atoms with E-state index in [1.807, 2.05) is 0 Å². The van der Waals surface area contributed by atoms with Gasteiger partial charge in [0, 0.05) is 17.7 Å². The van der Waals surface area contributed by atoms with Crippen LogP contribution in [0.3, 0.4) is 0 Å². The predicted octanol–water partition coefficient (Wildman–Crippen LogP) is 3.03. The topological polar surface area (TPSA) is 49.3 Å². The minimum Gasteiger partial charge on any atom is -0.506 e. The number of halogens is 1. The number of nitrogens with one attached hydrogen (secondary N) is 1. The lowest BCUT2D eigenvalue weighted by Gasteiger charge is -2.12. The number of hydrogen-bond donors (Lipinski definition) is 2. The van der Waals surface area contributed by atoms with Gasteiger partial charge in [0.2, 0.25) is 5.91 Å². The molecule has 2 aliphatic rings. The first kappa shape index (κ1) is 10.9. The summed E-state index contributed by atoms with van der Waals surface area (Å²) in [5.41, 5.74) is 0.609. The Morgan fingerprint density at radius 2 is 2.00 bits per heavy atom. The fourth-order valence-corrected chi connectivity index (χ4v) is 2.88. The second-order valence-electron chi connectivity index (χ2n) is 5.08. The summed E-state index contributed by atoms with van der Waals surface area (Å²) < 4.78 is 0. The van der Waals surface area contributed by atoms with Gasteiger partial charge in [-0.2, -0.15) is 0 Å². The Labute approximate surface area is 105 Å². The van der Waals surface area contributed by atoms with E-state index in [1.54, 1.807) is 12.1 Å². The Bertz CT molecular complexity index is 464. The van der Waals surface area contributed by atoms with Crippen LogP contribution in [0.4, 0.5) is 5.69 Å². The molecule has 1 amide bonds. The van der Waals surface area contributed by atoms with Gasteiger partial charge in [-0.05, 0) is 43.2 Å². The molecule has 2 N–H and O–H groups in total. The molecule has 0 aromatic heterocycles. The van der Waals surface area contributed by atoms with E-state index in [4.69, 9.17) is 11.6 Å². The summed E-state index contributed by atoms with van der Waals surface area (Å²) >= 11 is 5.71. The van der Waals surface area contributed by atoms with Crippen molar-refractivity contribution >= 4 is 23.2 Å². The summed E-state index contributed by atoms with van der Waals surface area (Å²) in [4.78, 5) is 12.0. The Kier molecular flexibility index (Phi) is 2.51. The van der Waals surface area contributed by atoms with E-state index in [9.17, 15) is 9.90 Å². The van der Waals surface area contributed by atoms with Crippen molar-refractivity contribution in [3.8, 4) is 5.75 Å². The fourth-order valence-electron chi connectivity index (χ4n) is 2.76. The Hall–Kier alpha value is -1.22. The van der Waals surface area contributed by atoms with E-state index in [0.717, 1.165) is 24.7 Å². The lowest BCUT2D eigenvalue weighted by Crippen LogP contribution is -2.21. The Morgan fingerprint density at radius 3 is 2.65 bits per heavy atom. The van der Waals surface area contributed by atoms with E-state index in [-0.39, 0.29) is 17.6 Å². The molecule has 0 saturated heterocycles. The highest BCUT2D eigenvalue weighted by molar-refractivity contribution is 6.32. The summed E-state index contributed by atoms with van der Waals surface area (Å²) in [6.45, 7) is 0. The normalized spacial score (nSPS) is 29.8. The van der Waals surface area contributed by atoms with Crippen LogP contribution in [0.5, 0.6) is 5.75 Å². The summed E-state index contributed by atoms with van der Waals surface area (Å²) in [7, 11) is 0. The van der Waals surface area contributed by atoms with Gasteiger partial charge in [-0.25, -0.2) is 0 Å². The highest BCUT2D eigenvalue weighted by atomic mass is 35.5. The molecule has 90 valence electrons. The molecule has 3 rings (SSSR count). The van der Waals surface area contributed by atoms with Crippen molar-refractivity contribution in [2.24, 2.45) is 17.8 Å². The molecule has 2 fully saturated rings. The number of carbonyl (C=O) groups excluding carboxylic acids is 1. The van der Waals surface area contributed by atoms with Gasteiger partial charge in [-0.1, -0.05) is 11.6 Å². The van der Waals surface area contributed by atoms with E-state index < -0.39 is 0 Å². The number of benzene rings is 1. The quantitative estimate of drug-likeness (QED) is 0.849. The van der Waals surface area contributed by atoms with Gasteiger partial charge in [-0.3, -0.25) is 4.79 Å². The van der Waals surface area contributed by atoms with Crippen LogP contribution < -0.4 is 5.32 Å². The zero-order valence-corrected chi connectivity index (χ0v) is 10.1. The van der Waals surface area contributed by atoms with E-state index >= 15 is 0 Å². The number of hydrogen-bond acceptors (Lipinski definition) is 2. The minimum atomic E-state index is -0.00117. The van der Waals surface area contributed by atoms with Gasteiger partial charge >= 0.3 is 0 Å². The largest absolute Gasteiger partial charge is 0.506 e. The SMILES string of the molecule is O=C(Nc1ccc(Cl)c(O)c1)C1CC2CC2C1. The molecular weight excluding hydrogens is 238 g/mol. The number of rotatable bonds is 2. The number of aromatic hydroxyl groups is 1. The monoisotopic (exact) mass is 251 g/mol. The fraction of sp³-hybridized carbons (Fsp3) is 0.462. The average molecular weight is 252 g/mol. The molecule has 0 heterocycles. The Morgan fingerprint density at radius 1 is 1.29 bits per heavy atom. The number of carbonyl (C=O) groups is 1. The molecule has 0 bridgehead atoms. The lowest BCUT2D eigenvalue weighted by atomic mass is 10.0. The predicted molar refractivity (Wildman–Crippen MR) is 66.1 cm³/mol. The third kappa shape index (κ3) is 2.12. The first-order valence-corrected chi connectivity index (χ1v) is 6.30. The molecule has 1 aromatic rings. The van der Waals surface area contributed by atoms with Gasteiger partial charge in [0.15, 0.2) is 0 Å². The molecule has 4 heteroatoms.